The molecule has 2 aliphatic carbocycles. The van der Waals surface area contributed by atoms with Crippen LogP contribution in [0.4, 0.5) is 0 Å². The van der Waals surface area contributed by atoms with E-state index < -0.39 is 6.04 Å². The molecule has 0 radical (unpaired) electrons. The van der Waals surface area contributed by atoms with Crippen LogP contribution in [0.2, 0.25) is 0 Å². The van der Waals surface area contributed by atoms with E-state index in [1.54, 1.807) is 4.90 Å². The molecule has 3 aliphatic heterocycles. The summed E-state index contributed by atoms with van der Waals surface area (Å²) in [5, 5.41) is 2.37. The molecule has 3 heterocycles. The smallest absolute Gasteiger partial charge is 0.255 e. The highest BCUT2D eigenvalue weighted by molar-refractivity contribution is 6.05. The van der Waals surface area contributed by atoms with Crippen molar-refractivity contribution in [1.82, 2.24) is 15.1 Å². The van der Waals surface area contributed by atoms with Crippen LogP contribution in [0.15, 0.2) is 18.2 Å². The Balaban J connectivity index is 1.10. The number of fused-ring (bicyclic) bond motifs is 1. The molecule has 1 aromatic rings. The summed E-state index contributed by atoms with van der Waals surface area (Å²) in [6.07, 6.45) is 12.7. The second-order valence-corrected chi connectivity index (χ2v) is 11.3. The number of ether oxygens (including phenoxy) is 1. The second kappa shape index (κ2) is 9.57. The van der Waals surface area contributed by atoms with Gasteiger partial charge in [-0.1, -0.05) is 38.5 Å². The molecule has 35 heavy (non-hydrogen) atoms. The van der Waals surface area contributed by atoms with Gasteiger partial charge in [0.2, 0.25) is 11.8 Å². The van der Waals surface area contributed by atoms with Gasteiger partial charge >= 0.3 is 0 Å². The molecule has 7 heteroatoms. The van der Waals surface area contributed by atoms with Crippen molar-refractivity contribution in [3.05, 3.63) is 29.3 Å². The van der Waals surface area contributed by atoms with E-state index in [-0.39, 0.29) is 30.2 Å². The molecule has 7 nitrogen and oxygen atoms in total. The lowest BCUT2D eigenvalue weighted by atomic mass is 9.75. The molecule has 4 fully saturated rings. The Morgan fingerprint density at radius 1 is 0.857 bits per heavy atom. The van der Waals surface area contributed by atoms with Gasteiger partial charge in [-0.3, -0.25) is 24.6 Å². The first-order valence-electron chi connectivity index (χ1n) is 13.7. The first kappa shape index (κ1) is 23.0. The number of carbonyl (C=O) groups is 3. The Bertz CT molecular complexity index is 998. The van der Waals surface area contributed by atoms with Gasteiger partial charge in [0, 0.05) is 37.7 Å². The standard InChI is InChI=1S/C28H37N3O4/c32-26-13-12-24(27(33)29-26)31-17-19-14-21(10-11-22(19)28(31)34)35-25-9-5-4-8-23(25)30-15-20(16-30)18-6-2-1-3-7-18/h10-11,14,18,20,23-25H,1-9,12-13,15-17H2,(H,29,32,33)/t23-,24?,25+/m0/s1. The molecule has 2 saturated carbocycles. The first-order valence-corrected chi connectivity index (χ1v) is 13.7. The molecule has 1 aromatic carbocycles. The average molecular weight is 480 g/mol. The van der Waals surface area contributed by atoms with E-state index in [0.29, 0.717) is 24.6 Å². The number of benzene rings is 1. The summed E-state index contributed by atoms with van der Waals surface area (Å²) in [4.78, 5) is 41.1. The van der Waals surface area contributed by atoms with Crippen LogP contribution in [0, 0.1) is 11.8 Å². The molecule has 2 saturated heterocycles. The van der Waals surface area contributed by atoms with E-state index in [4.69, 9.17) is 4.74 Å². The van der Waals surface area contributed by atoms with Crippen molar-refractivity contribution in [1.29, 1.82) is 0 Å². The molecule has 5 aliphatic rings. The quantitative estimate of drug-likeness (QED) is 0.653. The molecule has 3 atom stereocenters. The second-order valence-electron chi connectivity index (χ2n) is 11.3. The van der Waals surface area contributed by atoms with Crippen molar-refractivity contribution in [3.63, 3.8) is 0 Å². The molecule has 1 unspecified atom stereocenters. The Hall–Kier alpha value is -2.41. The average Bonchev–Trinajstić information content (AvgIpc) is 3.15. The molecule has 0 spiro atoms. The van der Waals surface area contributed by atoms with E-state index in [1.165, 1.54) is 64.5 Å². The Kier molecular flexibility index (Phi) is 6.29. The summed E-state index contributed by atoms with van der Waals surface area (Å²) >= 11 is 0. The van der Waals surface area contributed by atoms with Gasteiger partial charge in [-0.05, 0) is 61.3 Å². The van der Waals surface area contributed by atoms with Crippen LogP contribution in [0.3, 0.4) is 0 Å². The van der Waals surface area contributed by atoms with E-state index in [0.717, 1.165) is 29.6 Å². The maximum Gasteiger partial charge on any atom is 0.255 e. The SMILES string of the molecule is O=C1CCC(N2Cc3cc(O[C@@H]4CCCC[C@@H]4N4CC(C5CCCCC5)C4)ccc3C2=O)C(=O)N1. The third-order valence-electron chi connectivity index (χ3n) is 9.17. The number of hydrogen-bond acceptors (Lipinski definition) is 5. The fourth-order valence-corrected chi connectivity index (χ4v) is 7.15. The molecule has 3 amide bonds. The highest BCUT2D eigenvalue weighted by Crippen LogP contribution is 2.39. The van der Waals surface area contributed by atoms with Crippen molar-refractivity contribution in [2.45, 2.75) is 95.4 Å². The number of rotatable bonds is 5. The van der Waals surface area contributed by atoms with Gasteiger partial charge in [-0.15, -0.1) is 0 Å². The van der Waals surface area contributed by atoms with E-state index in [2.05, 4.69) is 10.2 Å². The number of amides is 3. The number of nitrogens with one attached hydrogen (secondary N) is 1. The summed E-state index contributed by atoms with van der Waals surface area (Å²) in [5.74, 6) is 1.87. The van der Waals surface area contributed by atoms with Gasteiger partial charge in [0.15, 0.2) is 0 Å². The Morgan fingerprint density at radius 2 is 1.63 bits per heavy atom. The molecule has 0 aromatic heterocycles. The highest BCUT2D eigenvalue weighted by Gasteiger charge is 2.42. The van der Waals surface area contributed by atoms with Crippen molar-refractivity contribution in [2.75, 3.05) is 13.1 Å². The zero-order valence-electron chi connectivity index (χ0n) is 20.5. The minimum absolute atomic E-state index is 0.133. The van der Waals surface area contributed by atoms with Crippen LogP contribution < -0.4 is 10.1 Å². The molecule has 6 rings (SSSR count). The van der Waals surface area contributed by atoms with Gasteiger partial charge in [0.1, 0.15) is 17.9 Å². The molecule has 0 bridgehead atoms. The number of imide groups is 1. The fraction of sp³-hybridized carbons (Fsp3) is 0.679. The summed E-state index contributed by atoms with van der Waals surface area (Å²) < 4.78 is 6.59. The summed E-state index contributed by atoms with van der Waals surface area (Å²) in [6.45, 7) is 2.85. The van der Waals surface area contributed by atoms with Gasteiger partial charge < -0.3 is 9.64 Å². The van der Waals surface area contributed by atoms with Crippen molar-refractivity contribution in [2.24, 2.45) is 11.8 Å². The van der Waals surface area contributed by atoms with Gasteiger partial charge in [0.25, 0.3) is 5.91 Å². The minimum atomic E-state index is -0.580. The predicted molar refractivity (Wildman–Crippen MR) is 131 cm³/mol. The van der Waals surface area contributed by atoms with Crippen molar-refractivity contribution < 1.29 is 19.1 Å². The van der Waals surface area contributed by atoms with Crippen LogP contribution >= 0.6 is 0 Å². The molecule has 188 valence electrons. The summed E-state index contributed by atoms with van der Waals surface area (Å²) in [7, 11) is 0. The van der Waals surface area contributed by atoms with Gasteiger partial charge in [-0.2, -0.15) is 0 Å². The fourth-order valence-electron chi connectivity index (χ4n) is 7.15. The van der Waals surface area contributed by atoms with Crippen LogP contribution in [0.25, 0.3) is 0 Å². The Labute approximate surface area is 207 Å². The zero-order valence-corrected chi connectivity index (χ0v) is 20.5. The van der Waals surface area contributed by atoms with Crippen LogP contribution in [0.5, 0.6) is 5.75 Å². The number of nitrogens with zero attached hydrogens (tertiary/aromatic N) is 2. The number of carbonyl (C=O) groups excluding carboxylic acids is 3. The first-order chi connectivity index (χ1) is 17.1. The predicted octanol–water partition coefficient (Wildman–Crippen LogP) is 3.65. The van der Waals surface area contributed by atoms with Gasteiger partial charge in [0.05, 0.1) is 0 Å². The van der Waals surface area contributed by atoms with E-state index in [1.807, 2.05) is 18.2 Å². The lowest BCUT2D eigenvalue weighted by Gasteiger charge is -2.51. The third kappa shape index (κ3) is 4.48. The van der Waals surface area contributed by atoms with E-state index in [9.17, 15) is 14.4 Å². The van der Waals surface area contributed by atoms with Crippen LogP contribution in [-0.4, -0.2) is 58.8 Å². The third-order valence-corrected chi connectivity index (χ3v) is 9.17. The molecule has 1 N–H and O–H groups in total. The lowest BCUT2D eigenvalue weighted by Crippen LogP contribution is -2.59. The van der Waals surface area contributed by atoms with Crippen molar-refractivity contribution >= 4 is 17.7 Å². The van der Waals surface area contributed by atoms with Crippen LogP contribution in [0.1, 0.15) is 86.6 Å². The summed E-state index contributed by atoms with van der Waals surface area (Å²) in [6, 6.07) is 5.66. The largest absolute Gasteiger partial charge is 0.489 e. The normalized spacial score (nSPS) is 30.7. The zero-order chi connectivity index (χ0) is 23.9. The monoisotopic (exact) mass is 479 g/mol. The van der Waals surface area contributed by atoms with Crippen LogP contribution in [-0.2, 0) is 16.1 Å². The van der Waals surface area contributed by atoms with E-state index >= 15 is 0 Å². The summed E-state index contributed by atoms with van der Waals surface area (Å²) in [5.41, 5.74) is 1.55. The maximum atomic E-state index is 13.0. The Morgan fingerprint density at radius 3 is 2.43 bits per heavy atom. The number of piperidine rings is 1. The number of hydrogen-bond donors (Lipinski definition) is 1. The highest BCUT2D eigenvalue weighted by atomic mass is 16.5. The minimum Gasteiger partial charge on any atom is -0.489 e. The molecular formula is C28H37N3O4. The topological polar surface area (TPSA) is 79.0 Å². The number of likely N-dealkylation sites (tertiary alicyclic amines) is 1. The van der Waals surface area contributed by atoms with Crippen molar-refractivity contribution in [3.8, 4) is 5.75 Å². The van der Waals surface area contributed by atoms with Gasteiger partial charge in [-0.25, -0.2) is 0 Å². The lowest BCUT2D eigenvalue weighted by molar-refractivity contribution is -0.136. The molecular weight excluding hydrogens is 442 g/mol. The maximum absolute atomic E-state index is 13.0.